The highest BCUT2D eigenvalue weighted by Gasteiger charge is 2.13. The van der Waals surface area contributed by atoms with Crippen LogP contribution in [0.2, 0.25) is 0 Å². The highest BCUT2D eigenvalue weighted by Crippen LogP contribution is 2.15. The monoisotopic (exact) mass is 208 g/mol. The number of rotatable bonds is 5. The fourth-order valence-corrected chi connectivity index (χ4v) is 1.90. The van der Waals surface area contributed by atoms with Gasteiger partial charge < -0.3 is 9.88 Å². The standard InChI is InChI=1S/C12H20N2O/c1-5-13-8-12(15)11-7-9(3)14(6-2)10(11)4/h7,13H,5-6,8H2,1-4H3. The van der Waals surface area contributed by atoms with Gasteiger partial charge in [-0.25, -0.2) is 0 Å². The molecule has 3 heteroatoms. The molecule has 3 nitrogen and oxygen atoms in total. The van der Waals surface area contributed by atoms with E-state index in [0.29, 0.717) is 6.54 Å². The Bertz CT molecular complexity index is 353. The number of hydrogen-bond acceptors (Lipinski definition) is 2. The van der Waals surface area contributed by atoms with E-state index in [1.54, 1.807) is 0 Å². The molecule has 1 aromatic heterocycles. The molecule has 0 bridgehead atoms. The van der Waals surface area contributed by atoms with Gasteiger partial charge in [-0.3, -0.25) is 4.79 Å². The lowest BCUT2D eigenvalue weighted by atomic mass is 10.1. The number of hydrogen-bond donors (Lipinski definition) is 1. The minimum atomic E-state index is 0.185. The van der Waals surface area contributed by atoms with Crippen LogP contribution in [-0.4, -0.2) is 23.4 Å². The molecule has 0 aliphatic rings. The fraction of sp³-hybridized carbons (Fsp3) is 0.583. The van der Waals surface area contributed by atoms with Gasteiger partial charge in [-0.2, -0.15) is 0 Å². The third-order valence-electron chi connectivity index (χ3n) is 2.73. The second-order valence-electron chi connectivity index (χ2n) is 3.73. The number of aromatic nitrogens is 1. The Morgan fingerprint density at radius 1 is 1.40 bits per heavy atom. The number of likely N-dealkylation sites (N-methyl/N-ethyl adjacent to an activating group) is 1. The van der Waals surface area contributed by atoms with E-state index in [-0.39, 0.29) is 5.78 Å². The van der Waals surface area contributed by atoms with Gasteiger partial charge in [0.1, 0.15) is 0 Å². The van der Waals surface area contributed by atoms with Gasteiger partial charge in [-0.05, 0) is 33.4 Å². The summed E-state index contributed by atoms with van der Waals surface area (Å²) in [5, 5.41) is 3.06. The predicted molar refractivity (Wildman–Crippen MR) is 62.5 cm³/mol. The summed E-state index contributed by atoms with van der Waals surface area (Å²) in [6.07, 6.45) is 0. The number of ketones is 1. The molecule has 0 atom stereocenters. The molecule has 0 saturated heterocycles. The first kappa shape index (κ1) is 12.0. The second kappa shape index (κ2) is 5.12. The Balaban J connectivity index is 2.90. The number of carbonyl (C=O) groups is 1. The van der Waals surface area contributed by atoms with Gasteiger partial charge in [0.25, 0.3) is 0 Å². The Morgan fingerprint density at radius 3 is 2.53 bits per heavy atom. The molecule has 1 aromatic rings. The van der Waals surface area contributed by atoms with Crippen molar-refractivity contribution in [3.05, 3.63) is 23.0 Å². The van der Waals surface area contributed by atoms with Crippen molar-refractivity contribution in [2.75, 3.05) is 13.1 Å². The van der Waals surface area contributed by atoms with E-state index in [2.05, 4.69) is 16.8 Å². The lowest BCUT2D eigenvalue weighted by Crippen LogP contribution is -2.22. The van der Waals surface area contributed by atoms with Crippen molar-refractivity contribution in [2.45, 2.75) is 34.2 Å². The first-order valence-corrected chi connectivity index (χ1v) is 5.52. The van der Waals surface area contributed by atoms with E-state index >= 15 is 0 Å². The predicted octanol–water partition coefficient (Wildman–Crippen LogP) is 1.92. The molecule has 1 rings (SSSR count). The van der Waals surface area contributed by atoms with Crippen LogP contribution in [0.1, 0.15) is 35.6 Å². The summed E-state index contributed by atoms with van der Waals surface area (Å²) in [5.41, 5.74) is 3.10. The van der Waals surface area contributed by atoms with Crippen LogP contribution >= 0.6 is 0 Å². The summed E-state index contributed by atoms with van der Waals surface area (Å²) >= 11 is 0. The first-order chi connectivity index (χ1) is 7.11. The van der Waals surface area contributed by atoms with Crippen LogP contribution in [0.5, 0.6) is 0 Å². The van der Waals surface area contributed by atoms with Gasteiger partial charge in [0.15, 0.2) is 5.78 Å². The van der Waals surface area contributed by atoms with Crippen molar-refractivity contribution >= 4 is 5.78 Å². The van der Waals surface area contributed by atoms with Crippen molar-refractivity contribution in [2.24, 2.45) is 0 Å². The third kappa shape index (κ3) is 2.48. The van der Waals surface area contributed by atoms with Crippen LogP contribution in [0.4, 0.5) is 0 Å². The second-order valence-corrected chi connectivity index (χ2v) is 3.73. The molecule has 1 N–H and O–H groups in total. The van der Waals surface area contributed by atoms with Gasteiger partial charge in [0, 0.05) is 23.5 Å². The normalized spacial score (nSPS) is 10.7. The minimum Gasteiger partial charge on any atom is -0.349 e. The van der Waals surface area contributed by atoms with Gasteiger partial charge >= 0.3 is 0 Å². The molecule has 0 aromatic carbocycles. The van der Waals surface area contributed by atoms with E-state index in [9.17, 15) is 4.79 Å². The molecule has 0 aliphatic heterocycles. The average molecular weight is 208 g/mol. The Kier molecular flexibility index (Phi) is 4.09. The summed E-state index contributed by atoms with van der Waals surface area (Å²) in [5.74, 6) is 0.185. The van der Waals surface area contributed by atoms with Crippen molar-refractivity contribution in [1.82, 2.24) is 9.88 Å². The summed E-state index contributed by atoms with van der Waals surface area (Å²) in [4.78, 5) is 11.8. The highest BCUT2D eigenvalue weighted by atomic mass is 16.1. The number of nitrogens with one attached hydrogen (secondary N) is 1. The number of Topliss-reactive ketones (excluding diaryl/α,β-unsaturated/α-hetero) is 1. The van der Waals surface area contributed by atoms with E-state index < -0.39 is 0 Å². The van der Waals surface area contributed by atoms with E-state index in [1.807, 2.05) is 26.8 Å². The molecule has 0 fully saturated rings. The number of carbonyl (C=O) groups excluding carboxylic acids is 1. The molecule has 0 aliphatic carbocycles. The average Bonchev–Trinajstić information content (AvgIpc) is 2.50. The fourth-order valence-electron chi connectivity index (χ4n) is 1.90. The minimum absolute atomic E-state index is 0.185. The van der Waals surface area contributed by atoms with Crippen LogP contribution < -0.4 is 5.32 Å². The van der Waals surface area contributed by atoms with Crippen LogP contribution in [0.25, 0.3) is 0 Å². The highest BCUT2D eigenvalue weighted by molar-refractivity contribution is 5.99. The molecule has 0 amide bonds. The lowest BCUT2D eigenvalue weighted by Gasteiger charge is -2.05. The maximum Gasteiger partial charge on any atom is 0.178 e. The van der Waals surface area contributed by atoms with Gasteiger partial charge in [0.2, 0.25) is 0 Å². The van der Waals surface area contributed by atoms with Crippen molar-refractivity contribution in [1.29, 1.82) is 0 Å². The molecule has 0 spiro atoms. The largest absolute Gasteiger partial charge is 0.349 e. The molecule has 0 saturated carbocycles. The molecule has 1 heterocycles. The Labute approximate surface area is 91.5 Å². The summed E-state index contributed by atoms with van der Waals surface area (Å²) in [6.45, 7) is 10.3. The van der Waals surface area contributed by atoms with Gasteiger partial charge in [-0.15, -0.1) is 0 Å². The topological polar surface area (TPSA) is 34.0 Å². The first-order valence-electron chi connectivity index (χ1n) is 5.52. The smallest absolute Gasteiger partial charge is 0.178 e. The number of aryl methyl sites for hydroxylation is 1. The summed E-state index contributed by atoms with van der Waals surface area (Å²) in [6, 6.07) is 1.98. The van der Waals surface area contributed by atoms with Gasteiger partial charge in [0.05, 0.1) is 6.54 Å². The van der Waals surface area contributed by atoms with Crippen LogP contribution in [0, 0.1) is 13.8 Å². The maximum absolute atomic E-state index is 11.8. The number of nitrogens with zero attached hydrogens (tertiary/aromatic N) is 1. The third-order valence-corrected chi connectivity index (χ3v) is 2.73. The Hall–Kier alpha value is -1.09. The zero-order valence-electron chi connectivity index (χ0n) is 10.1. The molecule has 15 heavy (non-hydrogen) atoms. The van der Waals surface area contributed by atoms with Crippen molar-refractivity contribution in [3.63, 3.8) is 0 Å². The molecular formula is C12H20N2O. The molecule has 0 radical (unpaired) electrons. The Morgan fingerprint density at radius 2 is 2.07 bits per heavy atom. The van der Waals surface area contributed by atoms with Crippen LogP contribution in [0.15, 0.2) is 6.07 Å². The maximum atomic E-state index is 11.8. The lowest BCUT2D eigenvalue weighted by molar-refractivity contribution is 0.0991. The zero-order chi connectivity index (χ0) is 11.4. The van der Waals surface area contributed by atoms with Crippen LogP contribution in [0.3, 0.4) is 0 Å². The van der Waals surface area contributed by atoms with E-state index in [4.69, 9.17) is 0 Å². The van der Waals surface area contributed by atoms with E-state index in [1.165, 1.54) is 0 Å². The zero-order valence-corrected chi connectivity index (χ0v) is 10.1. The van der Waals surface area contributed by atoms with Crippen molar-refractivity contribution in [3.8, 4) is 0 Å². The van der Waals surface area contributed by atoms with Crippen LogP contribution in [-0.2, 0) is 6.54 Å². The molecular weight excluding hydrogens is 188 g/mol. The van der Waals surface area contributed by atoms with Gasteiger partial charge in [-0.1, -0.05) is 6.92 Å². The quantitative estimate of drug-likeness (QED) is 0.750. The molecule has 84 valence electrons. The summed E-state index contributed by atoms with van der Waals surface area (Å²) < 4.78 is 2.17. The van der Waals surface area contributed by atoms with E-state index in [0.717, 1.165) is 30.0 Å². The SMILES string of the molecule is CCNCC(=O)c1cc(C)n(CC)c1C. The summed E-state index contributed by atoms with van der Waals surface area (Å²) in [7, 11) is 0. The van der Waals surface area contributed by atoms with Crippen molar-refractivity contribution < 1.29 is 4.79 Å². The molecule has 0 unspecified atom stereocenters.